The number of imidazole rings is 1. The molecule has 0 fully saturated rings. The molecule has 4 heteroatoms. The summed E-state index contributed by atoms with van der Waals surface area (Å²) in [4.78, 5) is 7.36. The lowest BCUT2D eigenvalue weighted by Crippen LogP contribution is -2.22. The van der Waals surface area contributed by atoms with E-state index in [0.29, 0.717) is 6.04 Å². The Morgan fingerprint density at radius 1 is 1.15 bits per heavy atom. The number of benzene rings is 2. The van der Waals surface area contributed by atoms with E-state index in [1.54, 1.807) is 0 Å². The van der Waals surface area contributed by atoms with Crippen LogP contribution < -0.4 is 5.32 Å². The van der Waals surface area contributed by atoms with Crippen molar-refractivity contribution in [3.05, 3.63) is 59.4 Å². The molecule has 0 spiro atoms. The van der Waals surface area contributed by atoms with Crippen LogP contribution in [-0.4, -0.2) is 41.1 Å². The SMILES string of the molecule is C[C@H]1CCc2c(ccc3c2nc(Cc2ccccc2)n3CCN(C)C)N1. The Labute approximate surface area is 155 Å². The summed E-state index contributed by atoms with van der Waals surface area (Å²) in [6.45, 7) is 4.23. The summed E-state index contributed by atoms with van der Waals surface area (Å²) in [6.07, 6.45) is 3.16. The van der Waals surface area contributed by atoms with Crippen molar-refractivity contribution < 1.29 is 0 Å². The van der Waals surface area contributed by atoms with Crippen LogP contribution in [0.15, 0.2) is 42.5 Å². The first kappa shape index (κ1) is 17.1. The third-order valence-electron chi connectivity index (χ3n) is 5.31. The molecule has 0 aliphatic carbocycles. The van der Waals surface area contributed by atoms with Crippen LogP contribution >= 0.6 is 0 Å². The van der Waals surface area contributed by atoms with Crippen LogP contribution in [0.3, 0.4) is 0 Å². The molecule has 0 unspecified atom stereocenters. The van der Waals surface area contributed by atoms with Gasteiger partial charge in [0.05, 0.1) is 11.0 Å². The molecule has 2 heterocycles. The number of rotatable bonds is 5. The van der Waals surface area contributed by atoms with E-state index < -0.39 is 0 Å². The van der Waals surface area contributed by atoms with E-state index in [1.807, 2.05) is 0 Å². The van der Waals surface area contributed by atoms with E-state index in [4.69, 9.17) is 4.98 Å². The molecule has 0 amide bonds. The normalized spacial score (nSPS) is 16.7. The van der Waals surface area contributed by atoms with Crippen LogP contribution in [0, 0.1) is 0 Å². The largest absolute Gasteiger partial charge is 0.382 e. The minimum atomic E-state index is 0.541. The third-order valence-corrected chi connectivity index (χ3v) is 5.31. The highest BCUT2D eigenvalue weighted by Crippen LogP contribution is 2.32. The molecule has 1 aromatic heterocycles. The summed E-state index contributed by atoms with van der Waals surface area (Å²) >= 11 is 0. The van der Waals surface area contributed by atoms with Crippen molar-refractivity contribution in [3.63, 3.8) is 0 Å². The zero-order chi connectivity index (χ0) is 18.1. The quantitative estimate of drug-likeness (QED) is 0.758. The zero-order valence-corrected chi connectivity index (χ0v) is 16.0. The minimum absolute atomic E-state index is 0.541. The van der Waals surface area contributed by atoms with Crippen LogP contribution in [0.1, 0.15) is 30.3 Å². The second-order valence-corrected chi connectivity index (χ2v) is 7.69. The average Bonchev–Trinajstić information content (AvgIpc) is 2.97. The molecular weight excluding hydrogens is 320 g/mol. The Morgan fingerprint density at radius 2 is 1.96 bits per heavy atom. The number of aromatic nitrogens is 2. The lowest BCUT2D eigenvalue weighted by Gasteiger charge is -2.24. The molecule has 0 bridgehead atoms. The van der Waals surface area contributed by atoms with E-state index in [0.717, 1.165) is 25.9 Å². The number of fused-ring (bicyclic) bond motifs is 3. The second kappa shape index (κ2) is 7.12. The van der Waals surface area contributed by atoms with Gasteiger partial charge in [-0.05, 0) is 51.6 Å². The fraction of sp³-hybridized carbons (Fsp3) is 0.409. The number of hydrogen-bond acceptors (Lipinski definition) is 3. The van der Waals surface area contributed by atoms with Crippen molar-refractivity contribution >= 4 is 16.7 Å². The Morgan fingerprint density at radius 3 is 2.73 bits per heavy atom. The van der Waals surface area contributed by atoms with Crippen molar-refractivity contribution in [3.8, 4) is 0 Å². The fourth-order valence-corrected chi connectivity index (χ4v) is 3.84. The number of nitrogens with one attached hydrogen (secondary N) is 1. The number of hydrogen-bond donors (Lipinski definition) is 1. The van der Waals surface area contributed by atoms with Gasteiger partial charge in [0.15, 0.2) is 0 Å². The molecular formula is C22H28N4. The summed E-state index contributed by atoms with van der Waals surface area (Å²) in [7, 11) is 4.26. The van der Waals surface area contributed by atoms with E-state index >= 15 is 0 Å². The molecule has 3 aromatic rings. The first-order valence-electron chi connectivity index (χ1n) is 9.58. The van der Waals surface area contributed by atoms with Gasteiger partial charge in [0, 0.05) is 36.8 Å². The van der Waals surface area contributed by atoms with Gasteiger partial charge in [-0.25, -0.2) is 4.98 Å². The van der Waals surface area contributed by atoms with Gasteiger partial charge in [-0.3, -0.25) is 0 Å². The number of anilines is 1. The molecule has 1 aliphatic heterocycles. The lowest BCUT2D eigenvalue weighted by atomic mass is 9.98. The van der Waals surface area contributed by atoms with Gasteiger partial charge in [0.1, 0.15) is 5.82 Å². The predicted molar refractivity (Wildman–Crippen MR) is 109 cm³/mol. The van der Waals surface area contributed by atoms with Crippen LogP contribution in [0.2, 0.25) is 0 Å². The summed E-state index contributed by atoms with van der Waals surface area (Å²) < 4.78 is 2.42. The smallest absolute Gasteiger partial charge is 0.114 e. The van der Waals surface area contributed by atoms with E-state index in [-0.39, 0.29) is 0 Å². The highest BCUT2D eigenvalue weighted by atomic mass is 15.1. The first-order valence-corrected chi connectivity index (χ1v) is 9.58. The van der Waals surface area contributed by atoms with Crippen LogP contribution in [0.4, 0.5) is 5.69 Å². The van der Waals surface area contributed by atoms with Gasteiger partial charge in [0.25, 0.3) is 0 Å². The predicted octanol–water partition coefficient (Wildman–Crippen LogP) is 3.94. The van der Waals surface area contributed by atoms with Gasteiger partial charge in [-0.15, -0.1) is 0 Å². The molecule has 1 N–H and O–H groups in total. The molecule has 0 radical (unpaired) electrons. The number of aryl methyl sites for hydroxylation is 1. The standard InChI is InChI=1S/C22H28N4/c1-16-9-10-18-19(23-16)11-12-20-22(18)24-21(26(20)14-13-25(2)3)15-17-7-5-4-6-8-17/h4-8,11-12,16,23H,9-10,13-15H2,1-3H3/t16-/m0/s1. The molecule has 4 rings (SSSR count). The van der Waals surface area contributed by atoms with Gasteiger partial charge >= 0.3 is 0 Å². The molecule has 1 atom stereocenters. The molecule has 26 heavy (non-hydrogen) atoms. The molecule has 0 saturated heterocycles. The van der Waals surface area contributed by atoms with Crippen molar-refractivity contribution in [2.75, 3.05) is 26.0 Å². The van der Waals surface area contributed by atoms with Gasteiger partial charge in [-0.1, -0.05) is 30.3 Å². The maximum atomic E-state index is 5.13. The van der Waals surface area contributed by atoms with Crippen molar-refractivity contribution in [2.45, 2.75) is 38.8 Å². The van der Waals surface area contributed by atoms with E-state index in [9.17, 15) is 0 Å². The molecule has 0 saturated carbocycles. The van der Waals surface area contributed by atoms with E-state index in [1.165, 1.54) is 40.1 Å². The van der Waals surface area contributed by atoms with E-state index in [2.05, 4.69) is 78.3 Å². The second-order valence-electron chi connectivity index (χ2n) is 7.69. The average molecular weight is 348 g/mol. The topological polar surface area (TPSA) is 33.1 Å². The highest BCUT2D eigenvalue weighted by molar-refractivity contribution is 5.86. The summed E-state index contributed by atoms with van der Waals surface area (Å²) in [5, 5.41) is 3.62. The summed E-state index contributed by atoms with van der Waals surface area (Å²) in [5.41, 5.74) is 6.42. The van der Waals surface area contributed by atoms with Gasteiger partial charge in [-0.2, -0.15) is 0 Å². The van der Waals surface area contributed by atoms with Gasteiger partial charge < -0.3 is 14.8 Å². The maximum absolute atomic E-state index is 5.13. The van der Waals surface area contributed by atoms with Crippen molar-refractivity contribution in [1.82, 2.24) is 14.5 Å². The summed E-state index contributed by atoms with van der Waals surface area (Å²) in [5.74, 6) is 1.17. The zero-order valence-electron chi connectivity index (χ0n) is 16.0. The van der Waals surface area contributed by atoms with Crippen molar-refractivity contribution in [1.29, 1.82) is 0 Å². The first-order chi connectivity index (χ1) is 12.6. The Hall–Kier alpha value is -2.33. The number of likely N-dealkylation sites (N-methyl/N-ethyl adjacent to an activating group) is 1. The molecule has 2 aromatic carbocycles. The Bertz CT molecular complexity index is 895. The third kappa shape index (κ3) is 3.34. The minimum Gasteiger partial charge on any atom is -0.382 e. The highest BCUT2D eigenvalue weighted by Gasteiger charge is 2.21. The molecule has 1 aliphatic rings. The Balaban J connectivity index is 1.79. The maximum Gasteiger partial charge on any atom is 0.114 e. The number of nitrogens with zero attached hydrogens (tertiary/aromatic N) is 3. The van der Waals surface area contributed by atoms with Crippen LogP contribution in [-0.2, 0) is 19.4 Å². The van der Waals surface area contributed by atoms with Crippen molar-refractivity contribution in [2.24, 2.45) is 0 Å². The summed E-state index contributed by atoms with van der Waals surface area (Å²) in [6, 6.07) is 15.7. The Kier molecular flexibility index (Phi) is 4.68. The lowest BCUT2D eigenvalue weighted by molar-refractivity contribution is 0.384. The fourth-order valence-electron chi connectivity index (χ4n) is 3.84. The monoisotopic (exact) mass is 348 g/mol. The van der Waals surface area contributed by atoms with Crippen LogP contribution in [0.25, 0.3) is 11.0 Å². The molecule has 4 nitrogen and oxygen atoms in total. The molecule has 136 valence electrons. The van der Waals surface area contributed by atoms with Gasteiger partial charge in [0.2, 0.25) is 0 Å². The van der Waals surface area contributed by atoms with Crippen LogP contribution in [0.5, 0.6) is 0 Å².